The molecular weight excluding hydrogens is 425 g/mol. The molecule has 0 fully saturated rings. The maximum Gasteiger partial charge on any atom is 0.573 e. The van der Waals surface area contributed by atoms with Crippen LogP contribution >= 0.6 is 0 Å². The van der Waals surface area contributed by atoms with Gasteiger partial charge in [-0.3, -0.25) is 14.5 Å². The van der Waals surface area contributed by atoms with Crippen molar-refractivity contribution in [2.45, 2.75) is 19.8 Å². The highest BCUT2D eigenvalue weighted by molar-refractivity contribution is 6.36. The first kappa shape index (κ1) is 21.2. The molecule has 0 saturated heterocycles. The zero-order chi connectivity index (χ0) is 22.9. The third-order valence-corrected chi connectivity index (χ3v) is 4.76. The number of ether oxygens (including phenoxy) is 1. The summed E-state index contributed by atoms with van der Waals surface area (Å²) >= 11 is 0. The number of benzene rings is 2. The van der Waals surface area contributed by atoms with Crippen molar-refractivity contribution in [3.05, 3.63) is 89.5 Å². The molecule has 32 heavy (non-hydrogen) atoms. The standard InChI is InChI=1S/C23H17F3N2O4/c1-14-4-6-15(7-5-14)19-20(22(30)28(21(19)29)13-18-3-2-12-31-18)27-16-8-10-17(11-9-16)32-23(24,25)26/h2-12,27H,13H2,1H3. The van der Waals surface area contributed by atoms with E-state index in [9.17, 15) is 22.8 Å². The zero-order valence-corrected chi connectivity index (χ0v) is 16.8. The monoisotopic (exact) mass is 442 g/mol. The first-order chi connectivity index (χ1) is 15.2. The molecule has 6 nitrogen and oxygen atoms in total. The summed E-state index contributed by atoms with van der Waals surface area (Å²) in [7, 11) is 0. The maximum absolute atomic E-state index is 13.2. The van der Waals surface area contributed by atoms with Gasteiger partial charge in [-0.15, -0.1) is 13.2 Å². The first-order valence-corrected chi connectivity index (χ1v) is 9.54. The van der Waals surface area contributed by atoms with Crippen LogP contribution in [0, 0.1) is 6.92 Å². The van der Waals surface area contributed by atoms with Crippen LogP contribution in [0.4, 0.5) is 18.9 Å². The Balaban J connectivity index is 1.67. The molecule has 3 aromatic rings. The number of anilines is 1. The molecule has 1 aliphatic rings. The molecular formula is C23H17F3N2O4. The van der Waals surface area contributed by atoms with E-state index < -0.39 is 23.9 Å². The number of imide groups is 1. The van der Waals surface area contributed by atoms with Gasteiger partial charge in [-0.1, -0.05) is 29.8 Å². The van der Waals surface area contributed by atoms with E-state index in [1.807, 2.05) is 19.1 Å². The molecule has 2 amide bonds. The third kappa shape index (κ3) is 4.51. The normalized spacial score (nSPS) is 14.3. The molecule has 2 aromatic carbocycles. The second-order valence-corrected chi connectivity index (χ2v) is 7.09. The average molecular weight is 442 g/mol. The van der Waals surface area contributed by atoms with Gasteiger partial charge in [0, 0.05) is 5.69 Å². The number of rotatable bonds is 6. The van der Waals surface area contributed by atoms with Gasteiger partial charge in [0.2, 0.25) is 0 Å². The Morgan fingerprint density at radius 1 is 0.969 bits per heavy atom. The SMILES string of the molecule is Cc1ccc(C2=C(Nc3ccc(OC(F)(F)F)cc3)C(=O)N(Cc3ccco3)C2=O)cc1. The summed E-state index contributed by atoms with van der Waals surface area (Å²) in [6.07, 6.45) is -3.37. The topological polar surface area (TPSA) is 71.8 Å². The highest BCUT2D eigenvalue weighted by Gasteiger charge is 2.39. The predicted octanol–water partition coefficient (Wildman–Crippen LogP) is 4.88. The lowest BCUT2D eigenvalue weighted by Gasteiger charge is -2.14. The van der Waals surface area contributed by atoms with Crippen molar-refractivity contribution in [2.24, 2.45) is 0 Å². The summed E-state index contributed by atoms with van der Waals surface area (Å²) in [6.45, 7) is 1.84. The minimum absolute atomic E-state index is 0.0231. The number of alkyl halides is 3. The quantitative estimate of drug-likeness (QED) is 0.551. The largest absolute Gasteiger partial charge is 0.573 e. The molecule has 4 rings (SSSR count). The second-order valence-electron chi connectivity index (χ2n) is 7.09. The second kappa shape index (κ2) is 8.26. The van der Waals surface area contributed by atoms with Crippen LogP contribution in [-0.2, 0) is 16.1 Å². The number of furan rings is 1. The van der Waals surface area contributed by atoms with E-state index in [-0.39, 0.29) is 17.8 Å². The van der Waals surface area contributed by atoms with Crippen LogP contribution in [0.3, 0.4) is 0 Å². The Hall–Kier alpha value is -4.01. The lowest BCUT2D eigenvalue weighted by Crippen LogP contribution is -2.31. The number of halogens is 3. The van der Waals surface area contributed by atoms with Gasteiger partial charge >= 0.3 is 6.36 Å². The van der Waals surface area contributed by atoms with Crippen molar-refractivity contribution >= 4 is 23.1 Å². The summed E-state index contributed by atoms with van der Waals surface area (Å²) in [5.74, 6) is -1.04. The first-order valence-electron chi connectivity index (χ1n) is 9.54. The number of hydrogen-bond acceptors (Lipinski definition) is 5. The summed E-state index contributed by atoms with van der Waals surface area (Å²) in [5, 5.41) is 2.88. The summed E-state index contributed by atoms with van der Waals surface area (Å²) < 4.78 is 46.3. The van der Waals surface area contributed by atoms with E-state index in [4.69, 9.17) is 4.42 Å². The third-order valence-electron chi connectivity index (χ3n) is 4.76. The fourth-order valence-corrected chi connectivity index (χ4v) is 3.27. The van der Waals surface area contributed by atoms with E-state index in [2.05, 4.69) is 10.1 Å². The summed E-state index contributed by atoms with van der Waals surface area (Å²) in [4.78, 5) is 27.3. The van der Waals surface area contributed by atoms with Gasteiger partial charge in [0.05, 0.1) is 18.4 Å². The Morgan fingerprint density at radius 3 is 2.25 bits per heavy atom. The van der Waals surface area contributed by atoms with Crippen LogP contribution in [0.5, 0.6) is 5.75 Å². The van der Waals surface area contributed by atoms with Crippen molar-refractivity contribution in [2.75, 3.05) is 5.32 Å². The molecule has 1 aromatic heterocycles. The van der Waals surface area contributed by atoms with Crippen molar-refractivity contribution in [3.63, 3.8) is 0 Å². The predicted molar refractivity (Wildman–Crippen MR) is 109 cm³/mol. The van der Waals surface area contributed by atoms with Gasteiger partial charge in [0.25, 0.3) is 11.8 Å². The molecule has 164 valence electrons. The number of hydrogen-bond donors (Lipinski definition) is 1. The number of nitrogens with zero attached hydrogens (tertiary/aromatic N) is 1. The van der Waals surface area contributed by atoms with E-state index >= 15 is 0 Å². The fraction of sp³-hybridized carbons (Fsp3) is 0.130. The lowest BCUT2D eigenvalue weighted by atomic mass is 10.0. The average Bonchev–Trinajstić information content (AvgIpc) is 3.32. The van der Waals surface area contributed by atoms with Crippen LogP contribution in [0.25, 0.3) is 5.57 Å². The molecule has 0 bridgehead atoms. The van der Waals surface area contributed by atoms with Gasteiger partial charge in [0.1, 0.15) is 17.2 Å². The van der Waals surface area contributed by atoms with E-state index in [1.54, 1.807) is 24.3 Å². The Labute approximate surface area is 180 Å². The highest BCUT2D eigenvalue weighted by atomic mass is 19.4. The molecule has 0 atom stereocenters. The van der Waals surface area contributed by atoms with Crippen LogP contribution in [0.1, 0.15) is 16.9 Å². The van der Waals surface area contributed by atoms with Gasteiger partial charge in [-0.05, 0) is 48.9 Å². The molecule has 1 N–H and O–H groups in total. The van der Waals surface area contributed by atoms with Crippen LogP contribution in [-0.4, -0.2) is 23.1 Å². The van der Waals surface area contributed by atoms with Gasteiger partial charge < -0.3 is 14.5 Å². The van der Waals surface area contributed by atoms with Gasteiger partial charge in [0.15, 0.2) is 0 Å². The van der Waals surface area contributed by atoms with Crippen LogP contribution < -0.4 is 10.1 Å². The van der Waals surface area contributed by atoms with Crippen molar-refractivity contribution in [3.8, 4) is 5.75 Å². The van der Waals surface area contributed by atoms with E-state index in [0.29, 0.717) is 17.0 Å². The molecule has 0 unspecified atom stereocenters. The molecule has 2 heterocycles. The van der Waals surface area contributed by atoms with Crippen molar-refractivity contribution in [1.29, 1.82) is 0 Å². The lowest BCUT2D eigenvalue weighted by molar-refractivity contribution is -0.274. The number of nitrogens with one attached hydrogen (secondary N) is 1. The maximum atomic E-state index is 13.2. The minimum Gasteiger partial charge on any atom is -0.467 e. The van der Waals surface area contributed by atoms with Crippen molar-refractivity contribution in [1.82, 2.24) is 4.90 Å². The molecule has 0 aliphatic carbocycles. The van der Waals surface area contributed by atoms with Crippen molar-refractivity contribution < 1.29 is 31.9 Å². The summed E-state index contributed by atoms with van der Waals surface area (Å²) in [6, 6.07) is 15.3. The number of aryl methyl sites for hydroxylation is 1. The minimum atomic E-state index is -4.81. The Kier molecular flexibility index (Phi) is 5.48. The van der Waals surface area contributed by atoms with E-state index in [0.717, 1.165) is 22.6 Å². The summed E-state index contributed by atoms with van der Waals surface area (Å²) in [5.41, 5.74) is 2.02. The highest BCUT2D eigenvalue weighted by Crippen LogP contribution is 2.32. The zero-order valence-electron chi connectivity index (χ0n) is 16.8. The number of carbonyl (C=O) groups excluding carboxylic acids is 2. The molecule has 9 heteroatoms. The number of carbonyl (C=O) groups is 2. The van der Waals surface area contributed by atoms with Crippen LogP contribution in [0.15, 0.2) is 77.0 Å². The van der Waals surface area contributed by atoms with E-state index in [1.165, 1.54) is 18.4 Å². The Bertz CT molecular complexity index is 1170. The van der Waals surface area contributed by atoms with Gasteiger partial charge in [-0.2, -0.15) is 0 Å². The molecule has 0 radical (unpaired) electrons. The van der Waals surface area contributed by atoms with Crippen LogP contribution in [0.2, 0.25) is 0 Å². The fourth-order valence-electron chi connectivity index (χ4n) is 3.27. The molecule has 0 spiro atoms. The molecule has 0 saturated carbocycles. The Morgan fingerprint density at radius 2 is 1.66 bits per heavy atom. The smallest absolute Gasteiger partial charge is 0.467 e. The van der Waals surface area contributed by atoms with Gasteiger partial charge in [-0.25, -0.2) is 0 Å². The molecule has 1 aliphatic heterocycles. The number of amides is 2.